The third-order valence-electron chi connectivity index (χ3n) is 6.37. The zero-order valence-electron chi connectivity index (χ0n) is 20.4. The summed E-state index contributed by atoms with van der Waals surface area (Å²) in [5.74, 6) is 3.53. The molecule has 0 saturated carbocycles. The number of hydrogen-bond acceptors (Lipinski definition) is 6. The number of aryl methyl sites for hydroxylation is 1. The molecule has 6 heteroatoms. The van der Waals surface area contributed by atoms with Crippen LogP contribution in [-0.4, -0.2) is 58.8 Å². The maximum absolute atomic E-state index is 12.9. The molecule has 6 nitrogen and oxygen atoms in total. The van der Waals surface area contributed by atoms with Crippen molar-refractivity contribution in [1.29, 1.82) is 0 Å². The number of carbonyl (C=O) groups is 1. The van der Waals surface area contributed by atoms with Crippen LogP contribution < -0.4 is 18.9 Å². The van der Waals surface area contributed by atoms with Crippen LogP contribution in [0.4, 0.5) is 0 Å². The van der Waals surface area contributed by atoms with Gasteiger partial charge in [0.05, 0.1) is 27.9 Å². The SMILES string of the molecule is COc1cccc(OCCCN(C)CCCC2CCc3cc(OC)c(OC)cc3CC2=O)c1. The fourth-order valence-electron chi connectivity index (χ4n) is 4.42. The van der Waals surface area contributed by atoms with Gasteiger partial charge in [-0.25, -0.2) is 0 Å². The number of nitrogens with zero attached hydrogens (tertiary/aromatic N) is 1. The van der Waals surface area contributed by atoms with Gasteiger partial charge < -0.3 is 23.8 Å². The lowest BCUT2D eigenvalue weighted by Gasteiger charge is -2.19. The predicted octanol–water partition coefficient (Wildman–Crippen LogP) is 4.57. The number of hydrogen-bond donors (Lipinski definition) is 0. The van der Waals surface area contributed by atoms with Gasteiger partial charge in [0.1, 0.15) is 17.3 Å². The van der Waals surface area contributed by atoms with Crippen molar-refractivity contribution in [2.24, 2.45) is 5.92 Å². The summed E-state index contributed by atoms with van der Waals surface area (Å²) in [6.45, 7) is 2.62. The van der Waals surface area contributed by atoms with Crippen molar-refractivity contribution in [3.05, 3.63) is 47.5 Å². The second-order valence-electron chi connectivity index (χ2n) is 8.68. The number of methoxy groups -OCH3 is 3. The molecule has 2 aromatic rings. The summed E-state index contributed by atoms with van der Waals surface area (Å²) in [5.41, 5.74) is 2.28. The summed E-state index contributed by atoms with van der Waals surface area (Å²) in [6.07, 6.45) is 5.20. The molecule has 0 aromatic heterocycles. The average Bonchev–Trinajstić information content (AvgIpc) is 2.98. The first-order valence-electron chi connectivity index (χ1n) is 11.8. The van der Waals surface area contributed by atoms with Gasteiger partial charge in [0.15, 0.2) is 11.5 Å². The molecule has 3 rings (SSSR count). The summed E-state index contributed by atoms with van der Waals surface area (Å²) in [5, 5.41) is 0. The van der Waals surface area contributed by atoms with Crippen molar-refractivity contribution in [3.63, 3.8) is 0 Å². The Morgan fingerprint density at radius 1 is 0.909 bits per heavy atom. The fourth-order valence-corrected chi connectivity index (χ4v) is 4.42. The van der Waals surface area contributed by atoms with Gasteiger partial charge in [-0.05, 0) is 81.1 Å². The molecule has 1 atom stereocenters. The van der Waals surface area contributed by atoms with Crippen molar-refractivity contribution in [3.8, 4) is 23.0 Å². The normalized spacial score (nSPS) is 15.7. The lowest BCUT2D eigenvalue weighted by Crippen LogP contribution is -2.24. The first-order valence-corrected chi connectivity index (χ1v) is 11.8. The van der Waals surface area contributed by atoms with E-state index in [0.29, 0.717) is 24.6 Å². The van der Waals surface area contributed by atoms with Crippen LogP contribution in [0.3, 0.4) is 0 Å². The van der Waals surface area contributed by atoms with Crippen LogP contribution in [0.15, 0.2) is 36.4 Å². The topological polar surface area (TPSA) is 57.2 Å². The standard InChI is InChI=1S/C27H37NO5/c1-28(14-7-15-33-24-10-5-9-23(19-24)30-2)13-6-8-20-11-12-21-17-26(31-3)27(32-4)18-22(21)16-25(20)29/h5,9-10,17-20H,6-8,11-16H2,1-4H3. The smallest absolute Gasteiger partial charge is 0.161 e. The third-order valence-corrected chi connectivity index (χ3v) is 6.37. The van der Waals surface area contributed by atoms with Crippen molar-refractivity contribution in [2.75, 3.05) is 48.1 Å². The van der Waals surface area contributed by atoms with Gasteiger partial charge in [0.2, 0.25) is 0 Å². The van der Waals surface area contributed by atoms with Gasteiger partial charge in [-0.3, -0.25) is 4.79 Å². The van der Waals surface area contributed by atoms with Crippen molar-refractivity contribution >= 4 is 5.78 Å². The van der Waals surface area contributed by atoms with E-state index in [9.17, 15) is 4.79 Å². The number of Topliss-reactive ketones (excluding diaryl/α,β-unsaturated/α-hetero) is 1. The highest BCUT2D eigenvalue weighted by Gasteiger charge is 2.25. The number of carbonyl (C=O) groups excluding carboxylic acids is 1. The van der Waals surface area contributed by atoms with Gasteiger partial charge >= 0.3 is 0 Å². The Labute approximate surface area is 197 Å². The van der Waals surface area contributed by atoms with E-state index in [1.807, 2.05) is 36.4 Å². The van der Waals surface area contributed by atoms with E-state index < -0.39 is 0 Å². The minimum absolute atomic E-state index is 0.124. The van der Waals surface area contributed by atoms with E-state index in [-0.39, 0.29) is 5.92 Å². The summed E-state index contributed by atoms with van der Waals surface area (Å²) in [4.78, 5) is 15.2. The maximum Gasteiger partial charge on any atom is 0.161 e. The minimum Gasteiger partial charge on any atom is -0.497 e. The van der Waals surface area contributed by atoms with Gasteiger partial charge in [-0.1, -0.05) is 6.07 Å². The lowest BCUT2D eigenvalue weighted by molar-refractivity contribution is -0.122. The molecule has 0 fully saturated rings. The second-order valence-corrected chi connectivity index (χ2v) is 8.68. The Morgan fingerprint density at radius 2 is 1.61 bits per heavy atom. The van der Waals surface area contributed by atoms with E-state index in [0.717, 1.165) is 68.0 Å². The monoisotopic (exact) mass is 455 g/mol. The Morgan fingerprint density at radius 3 is 2.33 bits per heavy atom. The molecule has 0 saturated heterocycles. The van der Waals surface area contributed by atoms with E-state index in [1.54, 1.807) is 21.3 Å². The Balaban J connectivity index is 1.38. The second kappa shape index (κ2) is 12.5. The van der Waals surface area contributed by atoms with E-state index in [2.05, 4.69) is 11.9 Å². The molecule has 180 valence electrons. The van der Waals surface area contributed by atoms with Crippen LogP contribution in [0.5, 0.6) is 23.0 Å². The molecule has 0 heterocycles. The van der Waals surface area contributed by atoms with Gasteiger partial charge in [0, 0.05) is 24.9 Å². The molecule has 0 amide bonds. The van der Waals surface area contributed by atoms with Crippen LogP contribution in [0.1, 0.15) is 36.8 Å². The van der Waals surface area contributed by atoms with Crippen LogP contribution in [0.2, 0.25) is 0 Å². The first-order chi connectivity index (χ1) is 16.0. The molecule has 1 aliphatic carbocycles. The molecular weight excluding hydrogens is 418 g/mol. The number of benzene rings is 2. The Bertz CT molecular complexity index is 913. The quantitative estimate of drug-likeness (QED) is 0.345. The minimum atomic E-state index is 0.124. The Hall–Kier alpha value is -2.73. The Kier molecular flexibility index (Phi) is 9.43. The molecule has 0 radical (unpaired) electrons. The summed E-state index contributed by atoms with van der Waals surface area (Å²) in [6, 6.07) is 11.7. The zero-order valence-corrected chi connectivity index (χ0v) is 20.4. The number of ketones is 1. The highest BCUT2D eigenvalue weighted by molar-refractivity contribution is 5.84. The molecule has 33 heavy (non-hydrogen) atoms. The van der Waals surface area contributed by atoms with Crippen molar-refractivity contribution in [1.82, 2.24) is 4.90 Å². The number of ether oxygens (including phenoxy) is 4. The maximum atomic E-state index is 12.9. The molecule has 0 spiro atoms. The van der Waals surface area contributed by atoms with Gasteiger partial charge in [0.25, 0.3) is 0 Å². The lowest BCUT2D eigenvalue weighted by atomic mass is 9.93. The molecule has 2 aromatic carbocycles. The van der Waals surface area contributed by atoms with Gasteiger partial charge in [-0.15, -0.1) is 0 Å². The fraction of sp³-hybridized carbons (Fsp3) is 0.519. The molecule has 0 aliphatic heterocycles. The summed E-state index contributed by atoms with van der Waals surface area (Å²) < 4.78 is 21.9. The number of rotatable bonds is 12. The van der Waals surface area contributed by atoms with E-state index in [4.69, 9.17) is 18.9 Å². The zero-order chi connectivity index (χ0) is 23.6. The van der Waals surface area contributed by atoms with Crippen molar-refractivity contribution < 1.29 is 23.7 Å². The summed E-state index contributed by atoms with van der Waals surface area (Å²) >= 11 is 0. The molecule has 0 N–H and O–H groups in total. The van der Waals surface area contributed by atoms with Crippen LogP contribution >= 0.6 is 0 Å². The predicted molar refractivity (Wildman–Crippen MR) is 130 cm³/mol. The molecular formula is C27H37NO5. The van der Waals surface area contributed by atoms with E-state index >= 15 is 0 Å². The van der Waals surface area contributed by atoms with Crippen LogP contribution in [0, 0.1) is 5.92 Å². The summed E-state index contributed by atoms with van der Waals surface area (Å²) in [7, 11) is 7.07. The molecule has 0 bridgehead atoms. The van der Waals surface area contributed by atoms with Gasteiger partial charge in [-0.2, -0.15) is 0 Å². The highest BCUT2D eigenvalue weighted by Crippen LogP contribution is 2.34. The third kappa shape index (κ3) is 7.13. The number of fused-ring (bicyclic) bond motifs is 1. The molecule has 1 unspecified atom stereocenters. The average molecular weight is 456 g/mol. The van der Waals surface area contributed by atoms with Crippen LogP contribution in [0.25, 0.3) is 0 Å². The highest BCUT2D eigenvalue weighted by atomic mass is 16.5. The van der Waals surface area contributed by atoms with Crippen LogP contribution in [-0.2, 0) is 17.6 Å². The van der Waals surface area contributed by atoms with Crippen molar-refractivity contribution in [2.45, 2.75) is 38.5 Å². The molecule has 1 aliphatic rings. The largest absolute Gasteiger partial charge is 0.497 e. The van der Waals surface area contributed by atoms with E-state index in [1.165, 1.54) is 5.56 Å². The first kappa shape index (κ1) is 24.9.